The van der Waals surface area contributed by atoms with Crippen molar-refractivity contribution in [3.05, 3.63) is 24.3 Å². The maximum atomic E-state index is 10.9. The molecule has 2 rings (SSSR count). The Labute approximate surface area is 154 Å². The van der Waals surface area contributed by atoms with E-state index in [4.69, 9.17) is 23.7 Å². The molecule has 0 spiro atoms. The molecule has 1 aliphatic heterocycles. The van der Waals surface area contributed by atoms with Crippen LogP contribution in [-0.2, 0) is 23.7 Å². The number of anilines is 1. The predicted octanol–water partition coefficient (Wildman–Crippen LogP) is 2.60. The van der Waals surface area contributed by atoms with Crippen molar-refractivity contribution in [2.24, 2.45) is 0 Å². The molecule has 1 aromatic carbocycles. The molecule has 1 aromatic rings. The first-order valence-corrected chi connectivity index (χ1v) is 9.13. The first-order valence-electron chi connectivity index (χ1n) is 9.13. The summed E-state index contributed by atoms with van der Waals surface area (Å²) in [6.45, 7) is 5.35. The van der Waals surface area contributed by atoms with Crippen LogP contribution in [0.15, 0.2) is 24.3 Å². The molecule has 26 heavy (non-hydrogen) atoms. The number of nitrogens with one attached hydrogen (secondary N) is 1. The lowest BCUT2D eigenvalue weighted by molar-refractivity contribution is -0.169. The van der Waals surface area contributed by atoms with Gasteiger partial charge in [-0.05, 0) is 43.5 Å². The molecule has 1 aliphatic rings. The Balaban J connectivity index is 1.39. The maximum absolute atomic E-state index is 10.9. The highest BCUT2D eigenvalue weighted by Crippen LogP contribution is 2.15. The quantitative estimate of drug-likeness (QED) is 0.573. The summed E-state index contributed by atoms with van der Waals surface area (Å²) in [4.78, 5) is 10.9. The molecule has 1 amide bonds. The molecule has 0 aromatic heterocycles. The predicted molar refractivity (Wildman–Crippen MR) is 97.4 cm³/mol. The number of rotatable bonds is 12. The number of hydrogen-bond acceptors (Lipinski definition) is 6. The molecule has 146 valence electrons. The molecule has 1 saturated heterocycles. The first-order chi connectivity index (χ1) is 12.7. The Morgan fingerprint density at radius 1 is 1.04 bits per heavy atom. The van der Waals surface area contributed by atoms with Crippen LogP contribution in [-0.4, -0.2) is 58.4 Å². The molecule has 0 radical (unpaired) electrons. The third-order valence-electron chi connectivity index (χ3n) is 3.71. The van der Waals surface area contributed by atoms with E-state index >= 15 is 0 Å². The molecule has 7 heteroatoms. The van der Waals surface area contributed by atoms with Crippen LogP contribution in [0.4, 0.5) is 5.69 Å². The van der Waals surface area contributed by atoms with Crippen molar-refractivity contribution in [1.29, 1.82) is 0 Å². The van der Waals surface area contributed by atoms with E-state index < -0.39 is 0 Å². The largest absolute Gasteiger partial charge is 0.491 e. The van der Waals surface area contributed by atoms with E-state index in [1.165, 1.54) is 13.3 Å². The molecule has 1 N–H and O–H groups in total. The zero-order chi connectivity index (χ0) is 18.5. The Morgan fingerprint density at radius 3 is 2.38 bits per heavy atom. The second-order valence-electron chi connectivity index (χ2n) is 5.95. The summed E-state index contributed by atoms with van der Waals surface area (Å²) in [6.07, 6.45) is 3.20. The normalized spacial score (nSPS) is 17.0. The van der Waals surface area contributed by atoms with E-state index in [1.54, 1.807) is 12.1 Å². The number of benzene rings is 1. The minimum Gasteiger partial charge on any atom is -0.491 e. The van der Waals surface area contributed by atoms with Crippen molar-refractivity contribution >= 4 is 11.6 Å². The Morgan fingerprint density at radius 2 is 1.73 bits per heavy atom. The topological polar surface area (TPSA) is 75.3 Å². The summed E-state index contributed by atoms with van der Waals surface area (Å²) in [5.41, 5.74) is 0.747. The Kier molecular flexibility index (Phi) is 10.0. The van der Waals surface area contributed by atoms with E-state index in [9.17, 15) is 4.79 Å². The molecule has 7 nitrogen and oxygen atoms in total. The Hall–Kier alpha value is -1.67. The standard InChI is InChI=1S/C19H29NO6/c1-16(21)20-17-5-7-18(8-6-17)24-14-12-22-10-11-23-13-15-26-19-4-2-3-9-25-19/h5-8,19H,2-4,9-15H2,1H3,(H,20,21). The van der Waals surface area contributed by atoms with E-state index in [0.717, 1.165) is 30.9 Å². The molecule has 0 saturated carbocycles. The van der Waals surface area contributed by atoms with Crippen LogP contribution in [0.25, 0.3) is 0 Å². The van der Waals surface area contributed by atoms with Gasteiger partial charge in [0.2, 0.25) is 5.91 Å². The van der Waals surface area contributed by atoms with Gasteiger partial charge in [0, 0.05) is 19.2 Å². The summed E-state index contributed by atoms with van der Waals surface area (Å²) < 4.78 is 27.5. The molecule has 0 aliphatic carbocycles. The highest BCUT2D eigenvalue weighted by molar-refractivity contribution is 5.88. The smallest absolute Gasteiger partial charge is 0.221 e. The van der Waals surface area contributed by atoms with Crippen LogP contribution in [0.1, 0.15) is 26.2 Å². The van der Waals surface area contributed by atoms with Gasteiger partial charge in [-0.3, -0.25) is 4.79 Å². The van der Waals surface area contributed by atoms with Crippen molar-refractivity contribution in [3.63, 3.8) is 0 Å². The Bertz CT molecular complexity index is 501. The summed E-state index contributed by atoms with van der Waals surface area (Å²) in [6, 6.07) is 7.21. The van der Waals surface area contributed by atoms with Crippen LogP contribution in [0.2, 0.25) is 0 Å². The number of hydrogen-bond donors (Lipinski definition) is 1. The zero-order valence-electron chi connectivity index (χ0n) is 15.4. The zero-order valence-corrected chi connectivity index (χ0v) is 15.4. The van der Waals surface area contributed by atoms with Gasteiger partial charge in [0.1, 0.15) is 12.4 Å². The fraction of sp³-hybridized carbons (Fsp3) is 0.632. The van der Waals surface area contributed by atoms with Crippen LogP contribution in [0, 0.1) is 0 Å². The van der Waals surface area contributed by atoms with Gasteiger partial charge in [-0.25, -0.2) is 0 Å². The van der Waals surface area contributed by atoms with Gasteiger partial charge in [-0.15, -0.1) is 0 Å². The third-order valence-corrected chi connectivity index (χ3v) is 3.71. The van der Waals surface area contributed by atoms with Gasteiger partial charge in [0.25, 0.3) is 0 Å². The fourth-order valence-corrected chi connectivity index (χ4v) is 2.46. The van der Waals surface area contributed by atoms with Gasteiger partial charge in [0.15, 0.2) is 6.29 Å². The number of carbonyl (C=O) groups excluding carboxylic acids is 1. The SMILES string of the molecule is CC(=O)Nc1ccc(OCCOCCOCCOC2CCCCO2)cc1. The number of ether oxygens (including phenoxy) is 5. The van der Waals surface area contributed by atoms with Crippen molar-refractivity contribution in [3.8, 4) is 5.75 Å². The van der Waals surface area contributed by atoms with Crippen molar-refractivity contribution in [1.82, 2.24) is 0 Å². The summed E-state index contributed by atoms with van der Waals surface area (Å²) >= 11 is 0. The summed E-state index contributed by atoms with van der Waals surface area (Å²) in [7, 11) is 0. The van der Waals surface area contributed by atoms with Gasteiger partial charge in [-0.2, -0.15) is 0 Å². The van der Waals surface area contributed by atoms with Gasteiger partial charge in [0.05, 0.1) is 33.0 Å². The molecule has 1 heterocycles. The van der Waals surface area contributed by atoms with Crippen LogP contribution >= 0.6 is 0 Å². The van der Waals surface area contributed by atoms with E-state index in [1.807, 2.05) is 12.1 Å². The average molecular weight is 367 g/mol. The molecule has 1 atom stereocenters. The van der Waals surface area contributed by atoms with Crippen LogP contribution in [0.5, 0.6) is 5.75 Å². The third kappa shape index (κ3) is 9.15. The van der Waals surface area contributed by atoms with E-state index in [-0.39, 0.29) is 12.2 Å². The lowest BCUT2D eigenvalue weighted by atomic mass is 10.2. The monoisotopic (exact) mass is 367 g/mol. The first kappa shape index (κ1) is 20.6. The van der Waals surface area contributed by atoms with E-state index in [2.05, 4.69) is 5.32 Å². The van der Waals surface area contributed by atoms with E-state index in [0.29, 0.717) is 39.6 Å². The van der Waals surface area contributed by atoms with Gasteiger partial charge < -0.3 is 29.0 Å². The summed E-state index contributed by atoms with van der Waals surface area (Å²) in [5.74, 6) is 0.643. The molecule has 1 fully saturated rings. The van der Waals surface area contributed by atoms with Crippen LogP contribution < -0.4 is 10.1 Å². The average Bonchev–Trinajstić information content (AvgIpc) is 2.65. The van der Waals surface area contributed by atoms with Crippen molar-refractivity contribution in [2.75, 3.05) is 51.6 Å². The molecule has 1 unspecified atom stereocenters. The van der Waals surface area contributed by atoms with Crippen LogP contribution in [0.3, 0.4) is 0 Å². The van der Waals surface area contributed by atoms with Gasteiger partial charge in [-0.1, -0.05) is 0 Å². The lowest BCUT2D eigenvalue weighted by Gasteiger charge is -2.22. The molecule has 0 bridgehead atoms. The molecular weight excluding hydrogens is 338 g/mol. The number of carbonyl (C=O) groups is 1. The van der Waals surface area contributed by atoms with Crippen molar-refractivity contribution in [2.45, 2.75) is 32.5 Å². The highest BCUT2D eigenvalue weighted by Gasteiger charge is 2.13. The highest BCUT2D eigenvalue weighted by atomic mass is 16.7. The molecular formula is C19H29NO6. The van der Waals surface area contributed by atoms with Crippen molar-refractivity contribution < 1.29 is 28.5 Å². The number of amides is 1. The minimum atomic E-state index is -0.0943. The second kappa shape index (κ2) is 12.6. The lowest BCUT2D eigenvalue weighted by Crippen LogP contribution is -2.24. The fourth-order valence-electron chi connectivity index (χ4n) is 2.46. The second-order valence-corrected chi connectivity index (χ2v) is 5.95. The summed E-state index contributed by atoms with van der Waals surface area (Å²) in [5, 5.41) is 2.71. The minimum absolute atomic E-state index is 0.0620. The maximum Gasteiger partial charge on any atom is 0.221 e. The van der Waals surface area contributed by atoms with Gasteiger partial charge >= 0.3 is 0 Å².